The van der Waals surface area contributed by atoms with Crippen LogP contribution in [0.3, 0.4) is 0 Å². The molecule has 7 nitrogen and oxygen atoms in total. The molecule has 2 fully saturated rings. The van der Waals surface area contributed by atoms with E-state index < -0.39 is 0 Å². The molecule has 3 rings (SSSR count). The number of hydrogen-bond donors (Lipinski definition) is 1. The second-order valence-electron chi connectivity index (χ2n) is 5.18. The molecule has 0 radical (unpaired) electrons. The summed E-state index contributed by atoms with van der Waals surface area (Å²) < 4.78 is 10.4. The molecule has 0 saturated carbocycles. The van der Waals surface area contributed by atoms with E-state index in [0.717, 1.165) is 0 Å². The number of hydrogen-bond acceptors (Lipinski definition) is 5. The molecule has 22 heavy (non-hydrogen) atoms. The summed E-state index contributed by atoms with van der Waals surface area (Å²) in [6.07, 6.45) is 1.49. The molecule has 2 saturated heterocycles. The zero-order valence-corrected chi connectivity index (χ0v) is 13.0. The molecule has 2 aliphatic heterocycles. The van der Waals surface area contributed by atoms with Crippen LogP contribution in [0.15, 0.2) is 22.8 Å². The third kappa shape index (κ3) is 3.60. The topological polar surface area (TPSA) is 75.0 Å². The summed E-state index contributed by atoms with van der Waals surface area (Å²) in [6.45, 7) is 3.91. The summed E-state index contributed by atoms with van der Waals surface area (Å²) in [4.78, 5) is 28.0. The van der Waals surface area contributed by atoms with Crippen molar-refractivity contribution in [3.8, 4) is 0 Å². The van der Waals surface area contributed by atoms with Crippen molar-refractivity contribution in [1.82, 2.24) is 15.1 Å². The highest BCUT2D eigenvalue weighted by Crippen LogP contribution is 2.10. The van der Waals surface area contributed by atoms with Crippen molar-refractivity contribution in [3.63, 3.8) is 0 Å². The van der Waals surface area contributed by atoms with Crippen LogP contribution >= 0.6 is 12.4 Å². The Hall–Kier alpha value is -1.57. The molecular weight excluding hydrogens is 310 g/mol. The number of carbonyl (C=O) groups excluding carboxylic acids is 2. The maximum atomic E-state index is 12.3. The Morgan fingerprint density at radius 1 is 1.18 bits per heavy atom. The van der Waals surface area contributed by atoms with Gasteiger partial charge < -0.3 is 24.3 Å². The van der Waals surface area contributed by atoms with Gasteiger partial charge in [-0.05, 0) is 12.1 Å². The van der Waals surface area contributed by atoms with Crippen LogP contribution in [-0.2, 0) is 9.53 Å². The average Bonchev–Trinajstić information content (AvgIpc) is 3.09. The largest absolute Gasteiger partial charge is 0.459 e. The number of halogens is 1. The Morgan fingerprint density at radius 2 is 1.91 bits per heavy atom. The highest BCUT2D eigenvalue weighted by Gasteiger charge is 2.30. The molecule has 1 atom stereocenters. The van der Waals surface area contributed by atoms with Gasteiger partial charge in [0.1, 0.15) is 6.04 Å². The van der Waals surface area contributed by atoms with Crippen LogP contribution in [-0.4, -0.2) is 73.6 Å². The maximum absolute atomic E-state index is 12.3. The molecule has 2 amide bonds. The SMILES string of the molecule is Cl.O=C(c1ccco1)N1CCN(C(=O)C2COCCN2)CC1. The van der Waals surface area contributed by atoms with Gasteiger partial charge in [0.25, 0.3) is 5.91 Å². The number of nitrogens with one attached hydrogen (secondary N) is 1. The van der Waals surface area contributed by atoms with Crippen molar-refractivity contribution in [2.24, 2.45) is 0 Å². The van der Waals surface area contributed by atoms with Gasteiger partial charge in [-0.1, -0.05) is 0 Å². The normalized spacial score (nSPS) is 22.1. The molecule has 1 unspecified atom stereocenters. The standard InChI is InChI=1S/C14H19N3O4.ClH/c18-13(11-10-20-9-3-15-11)16-4-6-17(7-5-16)14(19)12-2-1-8-21-12;/h1-2,8,11,15H,3-7,9-10H2;1H. The van der Waals surface area contributed by atoms with Crippen LogP contribution in [0.4, 0.5) is 0 Å². The van der Waals surface area contributed by atoms with Gasteiger partial charge in [-0.25, -0.2) is 0 Å². The van der Waals surface area contributed by atoms with Gasteiger partial charge in [0.05, 0.1) is 19.5 Å². The van der Waals surface area contributed by atoms with Crippen molar-refractivity contribution in [2.45, 2.75) is 6.04 Å². The van der Waals surface area contributed by atoms with Crippen LogP contribution in [0.1, 0.15) is 10.6 Å². The Bertz CT molecular complexity index is 494. The Balaban J connectivity index is 0.00000176. The van der Waals surface area contributed by atoms with E-state index in [1.165, 1.54) is 6.26 Å². The van der Waals surface area contributed by atoms with Gasteiger partial charge in [-0.15, -0.1) is 12.4 Å². The molecule has 3 heterocycles. The lowest BCUT2D eigenvalue weighted by Gasteiger charge is -2.36. The van der Waals surface area contributed by atoms with E-state index in [4.69, 9.17) is 9.15 Å². The second kappa shape index (κ2) is 7.62. The number of piperazine rings is 1. The summed E-state index contributed by atoms with van der Waals surface area (Å²) in [7, 11) is 0. The Kier molecular flexibility index (Phi) is 5.82. The fraction of sp³-hybridized carbons (Fsp3) is 0.571. The van der Waals surface area contributed by atoms with E-state index in [9.17, 15) is 9.59 Å². The number of rotatable bonds is 2. The second-order valence-corrected chi connectivity index (χ2v) is 5.18. The zero-order chi connectivity index (χ0) is 14.7. The summed E-state index contributed by atoms with van der Waals surface area (Å²) in [6, 6.07) is 3.09. The van der Waals surface area contributed by atoms with E-state index in [2.05, 4.69) is 5.32 Å². The monoisotopic (exact) mass is 329 g/mol. The maximum Gasteiger partial charge on any atom is 0.289 e. The lowest BCUT2D eigenvalue weighted by molar-refractivity contribution is -0.137. The lowest BCUT2D eigenvalue weighted by atomic mass is 10.2. The van der Waals surface area contributed by atoms with Crippen molar-refractivity contribution in [3.05, 3.63) is 24.2 Å². The first-order chi connectivity index (χ1) is 10.3. The smallest absolute Gasteiger partial charge is 0.289 e. The van der Waals surface area contributed by atoms with E-state index >= 15 is 0 Å². The fourth-order valence-electron chi connectivity index (χ4n) is 2.63. The zero-order valence-electron chi connectivity index (χ0n) is 12.2. The molecule has 2 aliphatic rings. The number of nitrogens with zero attached hydrogens (tertiary/aromatic N) is 2. The van der Waals surface area contributed by atoms with Crippen molar-refractivity contribution in [1.29, 1.82) is 0 Å². The molecule has 0 aliphatic carbocycles. The van der Waals surface area contributed by atoms with Gasteiger partial charge in [0.15, 0.2) is 5.76 Å². The minimum absolute atomic E-state index is 0. The first-order valence-electron chi connectivity index (χ1n) is 7.18. The molecule has 122 valence electrons. The number of ether oxygens (including phenoxy) is 1. The van der Waals surface area contributed by atoms with Crippen molar-refractivity contribution < 1.29 is 18.7 Å². The fourth-order valence-corrected chi connectivity index (χ4v) is 2.63. The highest BCUT2D eigenvalue weighted by atomic mass is 35.5. The van der Waals surface area contributed by atoms with Gasteiger partial charge in [0, 0.05) is 32.7 Å². The van der Waals surface area contributed by atoms with E-state index in [-0.39, 0.29) is 30.3 Å². The van der Waals surface area contributed by atoms with E-state index in [0.29, 0.717) is 51.7 Å². The third-order valence-electron chi connectivity index (χ3n) is 3.83. The minimum Gasteiger partial charge on any atom is -0.459 e. The Morgan fingerprint density at radius 3 is 2.50 bits per heavy atom. The van der Waals surface area contributed by atoms with Crippen molar-refractivity contribution >= 4 is 24.2 Å². The van der Waals surface area contributed by atoms with Crippen LogP contribution in [0.25, 0.3) is 0 Å². The average molecular weight is 330 g/mol. The predicted molar refractivity (Wildman–Crippen MR) is 81.0 cm³/mol. The van der Waals surface area contributed by atoms with Crippen molar-refractivity contribution in [2.75, 3.05) is 45.9 Å². The number of carbonyl (C=O) groups is 2. The minimum atomic E-state index is -0.258. The highest BCUT2D eigenvalue weighted by molar-refractivity contribution is 5.91. The Labute approximate surface area is 135 Å². The van der Waals surface area contributed by atoms with Crippen LogP contribution in [0, 0.1) is 0 Å². The van der Waals surface area contributed by atoms with Crippen LogP contribution < -0.4 is 5.32 Å². The predicted octanol–water partition coefficient (Wildman–Crippen LogP) is -0.0258. The number of morpholine rings is 1. The van der Waals surface area contributed by atoms with Gasteiger partial charge >= 0.3 is 0 Å². The molecule has 1 N–H and O–H groups in total. The quantitative estimate of drug-likeness (QED) is 0.825. The molecule has 0 bridgehead atoms. The summed E-state index contributed by atoms with van der Waals surface area (Å²) in [5.41, 5.74) is 0. The van der Waals surface area contributed by atoms with E-state index in [1.54, 1.807) is 21.9 Å². The van der Waals surface area contributed by atoms with Gasteiger partial charge in [0.2, 0.25) is 5.91 Å². The third-order valence-corrected chi connectivity index (χ3v) is 3.83. The van der Waals surface area contributed by atoms with Gasteiger partial charge in [-0.3, -0.25) is 9.59 Å². The summed E-state index contributed by atoms with van der Waals surface area (Å²) in [5.74, 6) is 0.281. The first kappa shape index (κ1) is 16.8. The summed E-state index contributed by atoms with van der Waals surface area (Å²) in [5, 5.41) is 3.16. The van der Waals surface area contributed by atoms with Gasteiger partial charge in [-0.2, -0.15) is 0 Å². The summed E-state index contributed by atoms with van der Waals surface area (Å²) >= 11 is 0. The van der Waals surface area contributed by atoms with E-state index in [1.807, 2.05) is 0 Å². The number of furan rings is 1. The molecule has 0 aromatic carbocycles. The molecule has 1 aromatic heterocycles. The molecule has 8 heteroatoms. The molecular formula is C14H20ClN3O4. The lowest BCUT2D eigenvalue weighted by Crippen LogP contribution is -2.57. The van der Waals surface area contributed by atoms with Crippen LogP contribution in [0.2, 0.25) is 0 Å². The number of amides is 2. The first-order valence-corrected chi connectivity index (χ1v) is 7.18. The molecule has 0 spiro atoms. The van der Waals surface area contributed by atoms with Crippen LogP contribution in [0.5, 0.6) is 0 Å². The molecule has 1 aromatic rings.